The van der Waals surface area contributed by atoms with Crippen LogP contribution in [0.5, 0.6) is 0 Å². The SMILES string of the molecule is Cc1ccc(S(=O)(=O)N[C@@H](Cc2ccccc2)C(=O)Nc2cc(Cl)ccc2Cl)cc1. The Morgan fingerprint density at radius 1 is 0.967 bits per heavy atom. The van der Waals surface area contributed by atoms with E-state index < -0.39 is 22.0 Å². The molecule has 3 rings (SSSR count). The highest BCUT2D eigenvalue weighted by atomic mass is 35.5. The van der Waals surface area contributed by atoms with E-state index in [1.807, 2.05) is 37.3 Å². The van der Waals surface area contributed by atoms with Crippen LogP contribution in [0.2, 0.25) is 10.0 Å². The summed E-state index contributed by atoms with van der Waals surface area (Å²) in [5.41, 5.74) is 2.05. The number of rotatable bonds is 7. The third-order valence-corrected chi connectivity index (χ3v) is 6.47. The van der Waals surface area contributed by atoms with Gasteiger partial charge in [-0.05, 0) is 49.2 Å². The molecule has 0 unspecified atom stereocenters. The molecule has 3 aromatic rings. The van der Waals surface area contributed by atoms with Crippen LogP contribution in [0.4, 0.5) is 5.69 Å². The van der Waals surface area contributed by atoms with Gasteiger partial charge in [0.1, 0.15) is 6.04 Å². The Morgan fingerprint density at radius 3 is 2.30 bits per heavy atom. The first-order chi connectivity index (χ1) is 14.2. The van der Waals surface area contributed by atoms with Crippen LogP contribution in [0.15, 0.2) is 77.7 Å². The van der Waals surface area contributed by atoms with Gasteiger partial charge in [0.05, 0.1) is 15.6 Å². The zero-order valence-corrected chi connectivity index (χ0v) is 18.4. The molecule has 5 nitrogen and oxygen atoms in total. The van der Waals surface area contributed by atoms with E-state index in [-0.39, 0.29) is 11.3 Å². The summed E-state index contributed by atoms with van der Waals surface area (Å²) in [6.45, 7) is 1.87. The van der Waals surface area contributed by atoms with Gasteiger partial charge in [-0.3, -0.25) is 4.79 Å². The quantitative estimate of drug-likeness (QED) is 0.527. The smallest absolute Gasteiger partial charge is 0.242 e. The Kier molecular flexibility index (Phi) is 7.15. The number of amides is 1. The number of carbonyl (C=O) groups excluding carboxylic acids is 1. The van der Waals surface area contributed by atoms with E-state index in [0.29, 0.717) is 15.7 Å². The van der Waals surface area contributed by atoms with Crippen LogP contribution in [-0.2, 0) is 21.2 Å². The lowest BCUT2D eigenvalue weighted by molar-refractivity contribution is -0.117. The van der Waals surface area contributed by atoms with Crippen molar-refractivity contribution in [2.75, 3.05) is 5.32 Å². The first-order valence-corrected chi connectivity index (χ1v) is 11.4. The van der Waals surface area contributed by atoms with E-state index in [1.54, 1.807) is 24.3 Å². The van der Waals surface area contributed by atoms with Gasteiger partial charge in [-0.1, -0.05) is 71.2 Å². The number of sulfonamides is 1. The van der Waals surface area contributed by atoms with Crippen LogP contribution in [0, 0.1) is 6.92 Å². The molecule has 0 heterocycles. The van der Waals surface area contributed by atoms with Gasteiger partial charge in [0.15, 0.2) is 0 Å². The molecule has 2 N–H and O–H groups in total. The van der Waals surface area contributed by atoms with Crippen LogP contribution in [0.3, 0.4) is 0 Å². The predicted octanol–water partition coefficient (Wildman–Crippen LogP) is 4.83. The van der Waals surface area contributed by atoms with E-state index in [4.69, 9.17) is 23.2 Å². The van der Waals surface area contributed by atoms with Crippen molar-refractivity contribution in [3.63, 3.8) is 0 Å². The van der Waals surface area contributed by atoms with Gasteiger partial charge in [-0.15, -0.1) is 0 Å². The lowest BCUT2D eigenvalue weighted by Crippen LogP contribution is -2.45. The number of hydrogen-bond donors (Lipinski definition) is 2. The third kappa shape index (κ3) is 5.83. The van der Waals surface area contributed by atoms with E-state index in [1.165, 1.54) is 18.2 Å². The average molecular weight is 463 g/mol. The Bertz CT molecular complexity index is 1130. The summed E-state index contributed by atoms with van der Waals surface area (Å²) < 4.78 is 28.3. The van der Waals surface area contributed by atoms with Crippen molar-refractivity contribution in [2.24, 2.45) is 0 Å². The molecule has 8 heteroatoms. The lowest BCUT2D eigenvalue weighted by atomic mass is 10.1. The van der Waals surface area contributed by atoms with Gasteiger partial charge in [0.2, 0.25) is 15.9 Å². The summed E-state index contributed by atoms with van der Waals surface area (Å²) in [6, 6.07) is 19.2. The van der Waals surface area contributed by atoms with E-state index in [0.717, 1.165) is 11.1 Å². The number of carbonyl (C=O) groups is 1. The molecule has 0 aliphatic carbocycles. The maximum atomic E-state index is 13.0. The molecule has 0 saturated carbocycles. The second kappa shape index (κ2) is 9.62. The summed E-state index contributed by atoms with van der Waals surface area (Å²) >= 11 is 12.1. The van der Waals surface area contributed by atoms with Gasteiger partial charge in [-0.2, -0.15) is 4.72 Å². The van der Waals surface area contributed by atoms with Gasteiger partial charge >= 0.3 is 0 Å². The van der Waals surface area contributed by atoms with E-state index >= 15 is 0 Å². The number of halogens is 2. The number of benzene rings is 3. The molecule has 30 heavy (non-hydrogen) atoms. The van der Waals surface area contributed by atoms with Crippen molar-refractivity contribution in [3.8, 4) is 0 Å². The molecule has 1 amide bonds. The standard InChI is InChI=1S/C22H20Cl2N2O3S/c1-15-7-10-18(11-8-15)30(28,29)26-21(13-16-5-3-2-4-6-16)22(27)25-20-14-17(23)9-12-19(20)24/h2-12,14,21,26H,13H2,1H3,(H,25,27)/t21-/m0/s1. The maximum absolute atomic E-state index is 13.0. The highest BCUT2D eigenvalue weighted by Gasteiger charge is 2.26. The molecule has 0 bridgehead atoms. The Balaban J connectivity index is 1.88. The van der Waals surface area contributed by atoms with E-state index in [2.05, 4.69) is 10.0 Å². The Morgan fingerprint density at radius 2 is 1.63 bits per heavy atom. The molecule has 0 aliphatic heterocycles. The maximum Gasteiger partial charge on any atom is 0.242 e. The predicted molar refractivity (Wildman–Crippen MR) is 121 cm³/mol. The average Bonchev–Trinajstić information content (AvgIpc) is 2.71. The molecular formula is C22H20Cl2N2O3S. The molecule has 0 aliphatic rings. The van der Waals surface area contributed by atoms with Crippen LogP contribution in [0.25, 0.3) is 0 Å². The first kappa shape index (κ1) is 22.3. The molecular weight excluding hydrogens is 443 g/mol. The largest absolute Gasteiger partial charge is 0.323 e. The minimum Gasteiger partial charge on any atom is -0.323 e. The summed E-state index contributed by atoms with van der Waals surface area (Å²) in [7, 11) is -3.92. The van der Waals surface area contributed by atoms with Crippen molar-refractivity contribution < 1.29 is 13.2 Å². The summed E-state index contributed by atoms with van der Waals surface area (Å²) in [5.74, 6) is -0.543. The van der Waals surface area contributed by atoms with Crippen LogP contribution < -0.4 is 10.0 Å². The number of nitrogens with one attached hydrogen (secondary N) is 2. The fourth-order valence-corrected chi connectivity index (χ4v) is 4.36. The number of aryl methyl sites for hydroxylation is 1. The van der Waals surface area contributed by atoms with Gasteiger partial charge in [0, 0.05) is 5.02 Å². The molecule has 0 spiro atoms. The zero-order valence-electron chi connectivity index (χ0n) is 16.1. The second-order valence-electron chi connectivity index (χ2n) is 6.79. The highest BCUT2D eigenvalue weighted by Crippen LogP contribution is 2.26. The van der Waals surface area contributed by atoms with Crippen molar-refractivity contribution in [3.05, 3.63) is 94.0 Å². The second-order valence-corrected chi connectivity index (χ2v) is 9.35. The van der Waals surface area contributed by atoms with E-state index in [9.17, 15) is 13.2 Å². The topological polar surface area (TPSA) is 75.3 Å². The molecule has 0 saturated heterocycles. The Hall–Kier alpha value is -2.38. The minimum absolute atomic E-state index is 0.0831. The van der Waals surface area contributed by atoms with Crippen LogP contribution in [0.1, 0.15) is 11.1 Å². The summed E-state index contributed by atoms with van der Waals surface area (Å²) in [4.78, 5) is 13.1. The summed E-state index contributed by atoms with van der Waals surface area (Å²) in [5, 5.41) is 3.37. The molecule has 156 valence electrons. The fourth-order valence-electron chi connectivity index (χ4n) is 2.82. The highest BCUT2D eigenvalue weighted by molar-refractivity contribution is 7.89. The van der Waals surface area contributed by atoms with Gasteiger partial charge < -0.3 is 5.32 Å². The molecule has 3 aromatic carbocycles. The van der Waals surface area contributed by atoms with Crippen molar-refractivity contribution in [1.29, 1.82) is 0 Å². The Labute approximate surface area is 186 Å². The zero-order chi connectivity index (χ0) is 21.7. The van der Waals surface area contributed by atoms with Crippen LogP contribution >= 0.6 is 23.2 Å². The van der Waals surface area contributed by atoms with Crippen molar-refractivity contribution >= 4 is 44.8 Å². The van der Waals surface area contributed by atoms with Crippen molar-refractivity contribution in [1.82, 2.24) is 4.72 Å². The van der Waals surface area contributed by atoms with Crippen LogP contribution in [-0.4, -0.2) is 20.4 Å². The number of anilines is 1. The van der Waals surface area contributed by atoms with Gasteiger partial charge in [0.25, 0.3) is 0 Å². The van der Waals surface area contributed by atoms with Crippen molar-refractivity contribution in [2.45, 2.75) is 24.3 Å². The fraction of sp³-hybridized carbons (Fsp3) is 0.136. The molecule has 1 atom stereocenters. The molecule has 0 aromatic heterocycles. The summed E-state index contributed by atoms with van der Waals surface area (Å²) in [6.07, 6.45) is 0.163. The lowest BCUT2D eigenvalue weighted by Gasteiger charge is -2.19. The third-order valence-electron chi connectivity index (χ3n) is 4.41. The normalized spacial score (nSPS) is 12.4. The van der Waals surface area contributed by atoms with Gasteiger partial charge in [-0.25, -0.2) is 8.42 Å². The molecule has 0 fully saturated rings. The molecule has 0 radical (unpaired) electrons. The minimum atomic E-state index is -3.92. The number of hydrogen-bond acceptors (Lipinski definition) is 3. The monoisotopic (exact) mass is 462 g/mol. The first-order valence-electron chi connectivity index (χ1n) is 9.13.